The van der Waals surface area contributed by atoms with Gasteiger partial charge in [-0.1, -0.05) is 40.3 Å². The highest BCUT2D eigenvalue weighted by Gasteiger charge is 1.95. The Labute approximate surface area is 73.8 Å². The second kappa shape index (κ2) is 5.46. The lowest BCUT2D eigenvalue weighted by molar-refractivity contribution is -0.136. The molecule has 0 aromatic carbocycles. The summed E-state index contributed by atoms with van der Waals surface area (Å²) in [6, 6.07) is 0. The van der Waals surface area contributed by atoms with Gasteiger partial charge in [0.15, 0.2) is 0 Å². The standard InChI is InChI=1S/C7H9IO2/c1-6(3-2-4-8)5-7(9)10/h2-4H,5H2,1H3,(H,9,10)/b4-2-,6-3+. The van der Waals surface area contributed by atoms with E-state index in [0.29, 0.717) is 0 Å². The second-order valence-electron chi connectivity index (χ2n) is 1.90. The molecule has 0 aromatic rings. The first-order valence-electron chi connectivity index (χ1n) is 2.81. The molecule has 2 nitrogen and oxygen atoms in total. The zero-order chi connectivity index (χ0) is 7.98. The monoisotopic (exact) mass is 252 g/mol. The summed E-state index contributed by atoms with van der Waals surface area (Å²) in [5, 5.41) is 8.32. The van der Waals surface area contributed by atoms with E-state index in [9.17, 15) is 4.79 Å². The molecule has 0 unspecified atom stereocenters. The van der Waals surface area contributed by atoms with Gasteiger partial charge in [0.05, 0.1) is 6.42 Å². The van der Waals surface area contributed by atoms with E-state index in [1.54, 1.807) is 13.0 Å². The molecule has 3 heteroatoms. The molecule has 0 bridgehead atoms. The number of carbonyl (C=O) groups is 1. The Morgan fingerprint density at radius 3 is 2.70 bits per heavy atom. The van der Waals surface area contributed by atoms with Crippen LogP contribution in [0.15, 0.2) is 21.8 Å². The number of rotatable bonds is 3. The van der Waals surface area contributed by atoms with Crippen molar-refractivity contribution in [3.8, 4) is 0 Å². The largest absolute Gasteiger partial charge is 0.481 e. The number of halogens is 1. The molecule has 56 valence electrons. The second-order valence-corrected chi connectivity index (χ2v) is 2.62. The van der Waals surface area contributed by atoms with Gasteiger partial charge in [-0.15, -0.1) is 0 Å². The van der Waals surface area contributed by atoms with E-state index < -0.39 is 5.97 Å². The van der Waals surface area contributed by atoms with Crippen LogP contribution in [0.5, 0.6) is 0 Å². The Hall–Kier alpha value is -0.320. The van der Waals surface area contributed by atoms with Gasteiger partial charge in [-0.05, 0) is 11.0 Å². The van der Waals surface area contributed by atoms with Crippen molar-refractivity contribution in [2.45, 2.75) is 13.3 Å². The number of hydrogen-bond acceptors (Lipinski definition) is 1. The topological polar surface area (TPSA) is 37.3 Å². The Morgan fingerprint density at radius 2 is 2.30 bits per heavy atom. The van der Waals surface area contributed by atoms with Crippen molar-refractivity contribution in [2.24, 2.45) is 0 Å². The lowest BCUT2D eigenvalue weighted by Gasteiger charge is -1.90. The molecule has 0 saturated heterocycles. The highest BCUT2D eigenvalue weighted by Crippen LogP contribution is 1.99. The summed E-state index contributed by atoms with van der Waals surface area (Å²) in [6.07, 6.45) is 3.74. The highest BCUT2D eigenvalue weighted by molar-refractivity contribution is 14.1. The van der Waals surface area contributed by atoms with Gasteiger partial charge >= 0.3 is 5.97 Å². The molecule has 10 heavy (non-hydrogen) atoms. The summed E-state index contributed by atoms with van der Waals surface area (Å²) in [7, 11) is 0. The van der Waals surface area contributed by atoms with Crippen LogP contribution in [0.3, 0.4) is 0 Å². The maximum Gasteiger partial charge on any atom is 0.307 e. The minimum Gasteiger partial charge on any atom is -0.481 e. The van der Waals surface area contributed by atoms with Crippen molar-refractivity contribution in [2.75, 3.05) is 0 Å². The van der Waals surface area contributed by atoms with Gasteiger partial charge in [-0.3, -0.25) is 4.79 Å². The van der Waals surface area contributed by atoms with Crippen LogP contribution in [0, 0.1) is 0 Å². The van der Waals surface area contributed by atoms with Crippen LogP contribution < -0.4 is 0 Å². The molecule has 0 aliphatic carbocycles. The smallest absolute Gasteiger partial charge is 0.307 e. The van der Waals surface area contributed by atoms with Gasteiger partial charge in [-0.25, -0.2) is 0 Å². The lowest BCUT2D eigenvalue weighted by Crippen LogP contribution is -1.93. The van der Waals surface area contributed by atoms with E-state index in [1.807, 2.05) is 10.2 Å². The third-order valence-corrected chi connectivity index (χ3v) is 1.30. The Bertz CT molecular complexity index is 170. The summed E-state index contributed by atoms with van der Waals surface area (Å²) in [4.78, 5) is 10.1. The zero-order valence-electron chi connectivity index (χ0n) is 5.67. The van der Waals surface area contributed by atoms with E-state index in [0.717, 1.165) is 5.57 Å². The van der Waals surface area contributed by atoms with Crippen LogP contribution in [0.2, 0.25) is 0 Å². The van der Waals surface area contributed by atoms with Crippen LogP contribution in [0.25, 0.3) is 0 Å². The fraction of sp³-hybridized carbons (Fsp3) is 0.286. The molecule has 0 rings (SSSR count). The van der Waals surface area contributed by atoms with Crippen molar-refractivity contribution >= 4 is 28.6 Å². The minimum absolute atomic E-state index is 0.126. The molecule has 0 saturated carbocycles. The maximum atomic E-state index is 10.1. The van der Waals surface area contributed by atoms with Crippen LogP contribution in [0.4, 0.5) is 0 Å². The predicted octanol–water partition coefficient (Wildman–Crippen LogP) is 2.36. The Balaban J connectivity index is 3.82. The van der Waals surface area contributed by atoms with Crippen LogP contribution in [-0.4, -0.2) is 11.1 Å². The van der Waals surface area contributed by atoms with Gasteiger partial charge in [0.25, 0.3) is 0 Å². The highest BCUT2D eigenvalue weighted by atomic mass is 127. The van der Waals surface area contributed by atoms with Crippen molar-refractivity contribution in [1.29, 1.82) is 0 Å². The molecule has 0 aliphatic rings. The molecular weight excluding hydrogens is 243 g/mol. The summed E-state index contributed by atoms with van der Waals surface area (Å²) >= 11 is 2.08. The number of carboxylic acid groups (broad SMARTS) is 1. The molecule has 0 aromatic heterocycles. The molecule has 0 radical (unpaired) electrons. The fourth-order valence-corrected chi connectivity index (χ4v) is 0.706. The summed E-state index contributed by atoms with van der Waals surface area (Å²) in [5.41, 5.74) is 0.861. The van der Waals surface area contributed by atoms with Crippen LogP contribution in [-0.2, 0) is 4.79 Å². The first kappa shape index (κ1) is 9.68. The van der Waals surface area contributed by atoms with Gasteiger partial charge < -0.3 is 5.11 Å². The summed E-state index contributed by atoms with van der Waals surface area (Å²) in [5.74, 6) is -0.782. The van der Waals surface area contributed by atoms with Crippen LogP contribution in [0.1, 0.15) is 13.3 Å². The van der Waals surface area contributed by atoms with E-state index in [2.05, 4.69) is 22.6 Å². The van der Waals surface area contributed by atoms with Gasteiger partial charge in [0, 0.05) is 0 Å². The van der Waals surface area contributed by atoms with E-state index in [-0.39, 0.29) is 6.42 Å². The van der Waals surface area contributed by atoms with Gasteiger partial charge in [0.2, 0.25) is 0 Å². The SMILES string of the molecule is C/C(=C\C=C/I)CC(=O)O. The number of carboxylic acids is 1. The normalized spacial score (nSPS) is 12.4. The molecule has 0 amide bonds. The molecule has 0 spiro atoms. The first-order chi connectivity index (χ1) is 4.66. The first-order valence-corrected chi connectivity index (χ1v) is 4.05. The fourth-order valence-electron chi connectivity index (χ4n) is 0.498. The van der Waals surface area contributed by atoms with E-state index in [1.165, 1.54) is 0 Å². The average Bonchev–Trinajstić information content (AvgIpc) is 1.82. The van der Waals surface area contributed by atoms with Crippen molar-refractivity contribution in [3.05, 3.63) is 21.8 Å². The summed E-state index contributed by atoms with van der Waals surface area (Å²) in [6.45, 7) is 1.80. The van der Waals surface area contributed by atoms with Crippen LogP contribution >= 0.6 is 22.6 Å². The van der Waals surface area contributed by atoms with E-state index >= 15 is 0 Å². The maximum absolute atomic E-state index is 10.1. The average molecular weight is 252 g/mol. The molecule has 0 atom stereocenters. The van der Waals surface area contributed by atoms with Crippen molar-refractivity contribution in [3.63, 3.8) is 0 Å². The number of hydrogen-bond donors (Lipinski definition) is 1. The minimum atomic E-state index is -0.782. The molecular formula is C7H9IO2. The number of allylic oxidation sites excluding steroid dienone is 2. The molecule has 0 heterocycles. The summed E-state index contributed by atoms with van der Waals surface area (Å²) < 4.78 is 1.84. The predicted molar refractivity (Wildman–Crippen MR) is 49.2 cm³/mol. The molecule has 0 fully saturated rings. The third-order valence-electron chi connectivity index (χ3n) is 0.884. The van der Waals surface area contributed by atoms with Gasteiger partial charge in [0.1, 0.15) is 0 Å². The Morgan fingerprint density at radius 1 is 1.70 bits per heavy atom. The van der Waals surface area contributed by atoms with Crippen molar-refractivity contribution in [1.82, 2.24) is 0 Å². The van der Waals surface area contributed by atoms with Crippen molar-refractivity contribution < 1.29 is 9.90 Å². The quantitative estimate of drug-likeness (QED) is 0.618. The lowest BCUT2D eigenvalue weighted by atomic mass is 10.2. The Kier molecular flexibility index (Phi) is 5.29. The number of aliphatic carboxylic acids is 1. The van der Waals surface area contributed by atoms with E-state index in [4.69, 9.17) is 5.11 Å². The molecule has 0 aliphatic heterocycles. The molecule has 1 N–H and O–H groups in total. The van der Waals surface area contributed by atoms with Gasteiger partial charge in [-0.2, -0.15) is 0 Å². The zero-order valence-corrected chi connectivity index (χ0v) is 7.83. The third kappa shape index (κ3) is 5.81.